The first-order chi connectivity index (χ1) is 10.6. The number of rotatable bonds is 6. The number of aryl methyl sites for hydroxylation is 1. The zero-order valence-corrected chi connectivity index (χ0v) is 14.9. The number of hydrogen-bond acceptors (Lipinski definition) is 4. The Balaban J connectivity index is 0.00000264. The van der Waals surface area contributed by atoms with E-state index in [2.05, 4.69) is 10.6 Å². The van der Waals surface area contributed by atoms with Crippen LogP contribution in [0.3, 0.4) is 0 Å². The molecular weight excluding hydrogens is 316 g/mol. The van der Waals surface area contributed by atoms with Crippen LogP contribution in [0, 0.1) is 12.3 Å². The van der Waals surface area contributed by atoms with Gasteiger partial charge in [0.15, 0.2) is 0 Å². The highest BCUT2D eigenvalue weighted by Gasteiger charge is 2.39. The van der Waals surface area contributed by atoms with Crippen LogP contribution in [0.5, 0.6) is 5.75 Å². The third-order valence-corrected chi connectivity index (χ3v) is 4.39. The van der Waals surface area contributed by atoms with Crippen molar-refractivity contribution in [3.8, 4) is 5.75 Å². The molecule has 1 aliphatic rings. The molecule has 1 aromatic carbocycles. The van der Waals surface area contributed by atoms with Gasteiger partial charge < -0.3 is 20.1 Å². The van der Waals surface area contributed by atoms with Gasteiger partial charge in [-0.25, -0.2) is 0 Å². The molecule has 23 heavy (non-hydrogen) atoms. The third-order valence-electron chi connectivity index (χ3n) is 4.39. The van der Waals surface area contributed by atoms with Crippen LogP contribution in [-0.2, 0) is 16.1 Å². The van der Waals surface area contributed by atoms with E-state index in [0.29, 0.717) is 13.2 Å². The molecule has 1 heterocycles. The molecule has 0 spiro atoms. The van der Waals surface area contributed by atoms with Crippen LogP contribution in [0.15, 0.2) is 18.2 Å². The minimum Gasteiger partial charge on any atom is -0.496 e. The van der Waals surface area contributed by atoms with Gasteiger partial charge in [-0.15, -0.1) is 12.4 Å². The lowest BCUT2D eigenvalue weighted by atomic mass is 9.78. The van der Waals surface area contributed by atoms with E-state index in [9.17, 15) is 4.79 Å². The molecule has 1 fully saturated rings. The Kier molecular flexibility index (Phi) is 7.82. The van der Waals surface area contributed by atoms with Gasteiger partial charge in [-0.3, -0.25) is 4.79 Å². The zero-order valence-electron chi connectivity index (χ0n) is 14.1. The normalized spacial score (nSPS) is 16.3. The van der Waals surface area contributed by atoms with Crippen molar-refractivity contribution in [2.75, 3.05) is 33.9 Å². The zero-order chi connectivity index (χ0) is 16.0. The van der Waals surface area contributed by atoms with Crippen molar-refractivity contribution in [2.45, 2.75) is 26.3 Å². The van der Waals surface area contributed by atoms with Crippen LogP contribution in [0.25, 0.3) is 0 Å². The molecule has 1 aliphatic heterocycles. The van der Waals surface area contributed by atoms with Gasteiger partial charge in [0.1, 0.15) is 5.75 Å². The summed E-state index contributed by atoms with van der Waals surface area (Å²) >= 11 is 0. The van der Waals surface area contributed by atoms with Crippen molar-refractivity contribution in [3.63, 3.8) is 0 Å². The molecule has 2 N–H and O–H groups in total. The number of carbonyl (C=O) groups is 1. The standard InChI is InChI=1S/C17H26N2O3.ClH/c1-13-4-5-14(10-15(13)22-3)11-19-16(20)17(12-21-2)6-8-18-9-7-17;/h4-5,10,18H,6-9,11-12H2,1-3H3,(H,19,20);1H. The van der Waals surface area contributed by atoms with Crippen LogP contribution in [0.4, 0.5) is 0 Å². The summed E-state index contributed by atoms with van der Waals surface area (Å²) in [5.41, 5.74) is 1.72. The quantitative estimate of drug-likeness (QED) is 0.830. The van der Waals surface area contributed by atoms with E-state index in [0.717, 1.165) is 42.8 Å². The first-order valence-corrected chi connectivity index (χ1v) is 7.73. The molecule has 0 unspecified atom stereocenters. The van der Waals surface area contributed by atoms with Gasteiger partial charge >= 0.3 is 0 Å². The van der Waals surface area contributed by atoms with Gasteiger partial charge in [0.05, 0.1) is 19.1 Å². The second-order valence-electron chi connectivity index (χ2n) is 5.95. The maximum Gasteiger partial charge on any atom is 0.228 e. The maximum absolute atomic E-state index is 12.7. The number of benzene rings is 1. The molecule has 1 aromatic rings. The van der Waals surface area contributed by atoms with E-state index in [4.69, 9.17) is 9.47 Å². The molecule has 130 valence electrons. The number of methoxy groups -OCH3 is 2. The van der Waals surface area contributed by atoms with Crippen LogP contribution in [0.2, 0.25) is 0 Å². The van der Waals surface area contributed by atoms with Crippen molar-refractivity contribution in [3.05, 3.63) is 29.3 Å². The van der Waals surface area contributed by atoms with E-state index in [1.807, 2.05) is 25.1 Å². The molecule has 5 nitrogen and oxygen atoms in total. The second-order valence-corrected chi connectivity index (χ2v) is 5.95. The minimum atomic E-state index is -0.408. The first kappa shape index (κ1) is 19.7. The smallest absolute Gasteiger partial charge is 0.228 e. The lowest BCUT2D eigenvalue weighted by Gasteiger charge is -2.35. The van der Waals surface area contributed by atoms with Crippen LogP contribution in [-0.4, -0.2) is 39.8 Å². The highest BCUT2D eigenvalue weighted by atomic mass is 35.5. The molecule has 0 radical (unpaired) electrons. The van der Waals surface area contributed by atoms with E-state index in [1.165, 1.54) is 0 Å². The molecule has 0 saturated carbocycles. The SMILES string of the molecule is COCC1(C(=O)NCc2ccc(C)c(OC)c2)CCNCC1.Cl. The summed E-state index contributed by atoms with van der Waals surface area (Å²) in [4.78, 5) is 12.7. The van der Waals surface area contributed by atoms with Gasteiger partial charge in [0, 0.05) is 13.7 Å². The fourth-order valence-corrected chi connectivity index (χ4v) is 2.96. The molecular formula is C17H27ClN2O3. The van der Waals surface area contributed by atoms with E-state index >= 15 is 0 Å². The molecule has 1 amide bonds. The summed E-state index contributed by atoms with van der Waals surface area (Å²) in [5.74, 6) is 0.926. The molecule has 2 rings (SSSR count). The Labute approximate surface area is 144 Å². The highest BCUT2D eigenvalue weighted by molar-refractivity contribution is 5.85. The summed E-state index contributed by atoms with van der Waals surface area (Å²) in [6, 6.07) is 6.00. The Morgan fingerprint density at radius 1 is 1.30 bits per heavy atom. The molecule has 0 aromatic heterocycles. The fraction of sp³-hybridized carbons (Fsp3) is 0.588. The topological polar surface area (TPSA) is 59.6 Å². The predicted molar refractivity (Wildman–Crippen MR) is 93.2 cm³/mol. The Hall–Kier alpha value is -1.30. The second kappa shape index (κ2) is 9.11. The average molecular weight is 343 g/mol. The summed E-state index contributed by atoms with van der Waals surface area (Å²) in [6.45, 7) is 4.69. The van der Waals surface area contributed by atoms with E-state index in [-0.39, 0.29) is 18.3 Å². The molecule has 6 heteroatoms. The lowest BCUT2D eigenvalue weighted by molar-refractivity contribution is -0.136. The number of halogens is 1. The summed E-state index contributed by atoms with van der Waals surface area (Å²) in [7, 11) is 3.31. The predicted octanol–water partition coefficient (Wildman–Crippen LogP) is 2.06. The maximum atomic E-state index is 12.7. The van der Waals surface area contributed by atoms with Gasteiger partial charge in [-0.05, 0) is 50.0 Å². The first-order valence-electron chi connectivity index (χ1n) is 7.73. The minimum absolute atomic E-state index is 0. The van der Waals surface area contributed by atoms with Crippen molar-refractivity contribution in [1.82, 2.24) is 10.6 Å². The largest absolute Gasteiger partial charge is 0.496 e. The van der Waals surface area contributed by atoms with E-state index in [1.54, 1.807) is 14.2 Å². The van der Waals surface area contributed by atoms with Gasteiger partial charge in [0.25, 0.3) is 0 Å². The number of hydrogen-bond donors (Lipinski definition) is 2. The van der Waals surface area contributed by atoms with Crippen molar-refractivity contribution < 1.29 is 14.3 Å². The Morgan fingerprint density at radius 2 is 2.00 bits per heavy atom. The highest BCUT2D eigenvalue weighted by Crippen LogP contribution is 2.29. The molecule has 0 atom stereocenters. The summed E-state index contributed by atoms with van der Waals surface area (Å²) < 4.78 is 10.6. The average Bonchev–Trinajstić information content (AvgIpc) is 2.55. The molecule has 0 aliphatic carbocycles. The van der Waals surface area contributed by atoms with Gasteiger partial charge in [0.2, 0.25) is 5.91 Å². The number of piperidine rings is 1. The Morgan fingerprint density at radius 3 is 2.61 bits per heavy atom. The number of amides is 1. The van der Waals surface area contributed by atoms with Crippen molar-refractivity contribution in [2.24, 2.45) is 5.41 Å². The number of nitrogens with one attached hydrogen (secondary N) is 2. The van der Waals surface area contributed by atoms with Crippen molar-refractivity contribution >= 4 is 18.3 Å². The number of ether oxygens (including phenoxy) is 2. The summed E-state index contributed by atoms with van der Waals surface area (Å²) in [6.07, 6.45) is 1.62. The third kappa shape index (κ3) is 4.83. The molecule has 1 saturated heterocycles. The van der Waals surface area contributed by atoms with Gasteiger partial charge in [-0.1, -0.05) is 12.1 Å². The van der Waals surface area contributed by atoms with Crippen LogP contribution in [0.1, 0.15) is 24.0 Å². The Bertz CT molecular complexity index is 511. The van der Waals surface area contributed by atoms with Crippen LogP contribution >= 0.6 is 12.4 Å². The van der Waals surface area contributed by atoms with E-state index < -0.39 is 5.41 Å². The van der Waals surface area contributed by atoms with Gasteiger partial charge in [-0.2, -0.15) is 0 Å². The molecule has 0 bridgehead atoms. The summed E-state index contributed by atoms with van der Waals surface area (Å²) in [5, 5.41) is 6.36. The number of carbonyl (C=O) groups excluding carboxylic acids is 1. The fourth-order valence-electron chi connectivity index (χ4n) is 2.96. The lowest BCUT2D eigenvalue weighted by Crippen LogP contribution is -2.49. The van der Waals surface area contributed by atoms with Crippen molar-refractivity contribution in [1.29, 1.82) is 0 Å². The van der Waals surface area contributed by atoms with Crippen LogP contribution < -0.4 is 15.4 Å². The monoisotopic (exact) mass is 342 g/mol.